The summed E-state index contributed by atoms with van der Waals surface area (Å²) in [6, 6.07) is 23.1. The predicted octanol–water partition coefficient (Wildman–Crippen LogP) is 5.30. The maximum absolute atomic E-state index is 15.8. The van der Waals surface area contributed by atoms with Gasteiger partial charge in [-0.1, -0.05) is 100 Å². The van der Waals surface area contributed by atoms with E-state index >= 15 is 4.79 Å². The Balaban J connectivity index is 1.40. The van der Waals surface area contributed by atoms with Crippen molar-refractivity contribution in [3.8, 4) is 0 Å². The number of fused-ring (bicyclic) bond motifs is 5. The van der Waals surface area contributed by atoms with E-state index in [0.29, 0.717) is 18.4 Å². The number of esters is 4. The molecule has 0 aromatic heterocycles. The Bertz CT molecular complexity index is 2350. The average molecular weight is 910 g/mol. The zero-order valence-corrected chi connectivity index (χ0v) is 38.1. The molecule has 3 fully saturated rings. The van der Waals surface area contributed by atoms with Crippen LogP contribution in [0.25, 0.3) is 0 Å². The van der Waals surface area contributed by atoms with Crippen LogP contribution in [0.1, 0.15) is 112 Å². The summed E-state index contributed by atoms with van der Waals surface area (Å²) in [7, 11) is 0. The predicted molar refractivity (Wildman–Crippen MR) is 236 cm³/mol. The number of rotatable bonds is 14. The number of Topliss-reactive ketones (excluding diaryl/α,β-unsaturated/α-hetero) is 1. The summed E-state index contributed by atoms with van der Waals surface area (Å²) < 4.78 is 30.9. The normalized spacial score (nSPS) is 30.7. The van der Waals surface area contributed by atoms with Crippen molar-refractivity contribution in [1.82, 2.24) is 5.32 Å². The van der Waals surface area contributed by atoms with Gasteiger partial charge in [0.05, 0.1) is 35.6 Å². The minimum Gasteiger partial charge on any atom is -0.456 e. The van der Waals surface area contributed by atoms with Crippen molar-refractivity contribution in [1.29, 1.82) is 0 Å². The van der Waals surface area contributed by atoms with Crippen molar-refractivity contribution in [2.45, 2.75) is 134 Å². The molecule has 352 valence electrons. The third kappa shape index (κ3) is 8.46. The van der Waals surface area contributed by atoms with Crippen molar-refractivity contribution in [2.75, 3.05) is 6.61 Å². The summed E-state index contributed by atoms with van der Waals surface area (Å²) >= 11 is 0. The first kappa shape index (κ1) is 48.2. The summed E-state index contributed by atoms with van der Waals surface area (Å²) in [6.07, 6.45) is -8.65. The van der Waals surface area contributed by atoms with Gasteiger partial charge in [0, 0.05) is 37.2 Å². The number of nitrogens with one attached hydrogen (secondary N) is 1. The van der Waals surface area contributed by atoms with Crippen LogP contribution in [0, 0.1) is 16.7 Å². The maximum atomic E-state index is 15.8. The van der Waals surface area contributed by atoms with Gasteiger partial charge in [0.25, 0.3) is 5.91 Å². The fraction of sp³-hybridized carbons (Fsp3) is 0.490. The van der Waals surface area contributed by atoms with E-state index in [9.17, 15) is 39.3 Å². The topological polar surface area (TPSA) is 221 Å². The van der Waals surface area contributed by atoms with Gasteiger partial charge in [0.1, 0.15) is 23.9 Å². The lowest BCUT2D eigenvalue weighted by Gasteiger charge is -2.67. The first-order chi connectivity index (χ1) is 31.3. The first-order valence-electron chi connectivity index (χ1n) is 22.5. The Morgan fingerprint density at radius 2 is 1.47 bits per heavy atom. The maximum Gasteiger partial charge on any atom is 0.338 e. The average Bonchev–Trinajstić information content (AvgIpc) is 3.29. The molecule has 4 aliphatic rings. The highest BCUT2D eigenvalue weighted by molar-refractivity contribution is 5.96. The van der Waals surface area contributed by atoms with Crippen LogP contribution in [0.5, 0.6) is 0 Å². The molecule has 2 unspecified atom stereocenters. The monoisotopic (exact) mass is 909 g/mol. The zero-order valence-electron chi connectivity index (χ0n) is 38.1. The Morgan fingerprint density at radius 1 is 0.864 bits per heavy atom. The highest BCUT2D eigenvalue weighted by Crippen LogP contribution is 2.64. The summed E-state index contributed by atoms with van der Waals surface area (Å²) in [5.74, 6) is -6.64. The van der Waals surface area contributed by atoms with Crippen molar-refractivity contribution >= 4 is 35.6 Å². The van der Waals surface area contributed by atoms with Crippen LogP contribution in [-0.4, -0.2) is 105 Å². The van der Waals surface area contributed by atoms with Crippen molar-refractivity contribution in [2.24, 2.45) is 16.7 Å². The molecule has 7 rings (SSSR count). The SMILES string of the molecule is CCCCCC(=O)O[C@H]1C(=O)[C@@]2(C)C(C(OC(=O)c3ccccc3)[C@]3(O)C[C@H](OC(=O)[C@H](O)[C@@H](NC(=O)c4ccccc4)c4ccccc4)C(C)=C1C3(C)C)[C@]1(OC(C)=O)CO[C@@H]1C[C@@H]2O. The Kier molecular flexibility index (Phi) is 13.8. The summed E-state index contributed by atoms with van der Waals surface area (Å²) in [5.41, 5.74) is -6.98. The number of aliphatic hydroxyl groups excluding tert-OH is 2. The van der Waals surface area contributed by atoms with Crippen LogP contribution < -0.4 is 5.32 Å². The zero-order chi connectivity index (χ0) is 47.8. The number of hydrogen-bond acceptors (Lipinski definition) is 14. The van der Waals surface area contributed by atoms with Gasteiger partial charge in [-0.15, -0.1) is 0 Å². The second kappa shape index (κ2) is 18.9. The molecular formula is C51H59NO14. The minimum atomic E-state index is -2.40. The molecule has 0 spiro atoms. The van der Waals surface area contributed by atoms with Crippen LogP contribution in [0.2, 0.25) is 0 Å². The lowest BCUT2D eigenvalue weighted by molar-refractivity contribution is -0.346. The molecule has 4 N–H and O–H groups in total. The van der Waals surface area contributed by atoms with Crippen LogP contribution >= 0.6 is 0 Å². The highest BCUT2D eigenvalue weighted by Gasteiger charge is 2.78. The molecule has 1 aliphatic heterocycles. The number of ether oxygens (including phenoxy) is 5. The van der Waals surface area contributed by atoms with Crippen LogP contribution in [0.4, 0.5) is 0 Å². The summed E-state index contributed by atoms with van der Waals surface area (Å²) in [5, 5.41) is 40.7. The Hall–Kier alpha value is -5.74. The Morgan fingerprint density at radius 3 is 2.05 bits per heavy atom. The fourth-order valence-electron chi connectivity index (χ4n) is 10.7. The van der Waals surface area contributed by atoms with Crippen LogP contribution in [-0.2, 0) is 42.9 Å². The quantitative estimate of drug-likeness (QED) is 0.0699. The van der Waals surface area contributed by atoms with Gasteiger partial charge in [-0.05, 0) is 61.2 Å². The Labute approximate surface area is 383 Å². The fourth-order valence-corrected chi connectivity index (χ4v) is 10.7. The largest absolute Gasteiger partial charge is 0.456 e. The van der Waals surface area contributed by atoms with Gasteiger partial charge < -0.3 is 44.3 Å². The smallest absolute Gasteiger partial charge is 0.338 e. The number of amides is 1. The highest BCUT2D eigenvalue weighted by atomic mass is 16.6. The van der Waals surface area contributed by atoms with E-state index in [-0.39, 0.29) is 41.7 Å². The molecule has 15 nitrogen and oxygen atoms in total. The van der Waals surface area contributed by atoms with Gasteiger partial charge in [0.2, 0.25) is 0 Å². The number of ketones is 1. The molecule has 3 aromatic carbocycles. The molecule has 3 aliphatic carbocycles. The third-order valence-electron chi connectivity index (χ3n) is 14.4. The number of carbonyl (C=O) groups is 6. The number of carbonyl (C=O) groups excluding carboxylic acids is 6. The van der Waals surface area contributed by atoms with E-state index in [0.717, 1.165) is 6.42 Å². The number of aliphatic hydroxyl groups is 3. The number of benzene rings is 3. The second-order valence-electron chi connectivity index (χ2n) is 18.7. The number of hydrogen-bond donors (Lipinski definition) is 4. The molecule has 1 heterocycles. The van der Waals surface area contributed by atoms with Crippen molar-refractivity contribution in [3.63, 3.8) is 0 Å². The molecule has 1 saturated heterocycles. The molecule has 15 heteroatoms. The lowest BCUT2D eigenvalue weighted by Crippen LogP contribution is -2.82. The van der Waals surface area contributed by atoms with Gasteiger partial charge in [-0.25, -0.2) is 9.59 Å². The molecule has 66 heavy (non-hydrogen) atoms. The number of unbranched alkanes of at least 4 members (excludes halogenated alkanes) is 2. The van der Waals surface area contributed by atoms with Crippen molar-refractivity contribution < 1.29 is 67.8 Å². The van der Waals surface area contributed by atoms with E-state index in [1.807, 2.05) is 6.92 Å². The van der Waals surface area contributed by atoms with Crippen molar-refractivity contribution in [3.05, 3.63) is 119 Å². The molecule has 1 amide bonds. The molecule has 3 aromatic rings. The van der Waals surface area contributed by atoms with E-state index < -0.39 is 113 Å². The van der Waals surface area contributed by atoms with E-state index in [1.165, 1.54) is 26.0 Å². The van der Waals surface area contributed by atoms with Gasteiger partial charge in [-0.2, -0.15) is 0 Å². The first-order valence-corrected chi connectivity index (χ1v) is 22.5. The van der Waals surface area contributed by atoms with Gasteiger partial charge >= 0.3 is 23.9 Å². The molecule has 11 atom stereocenters. The lowest BCUT2D eigenvalue weighted by atomic mass is 9.44. The minimum absolute atomic E-state index is 0.0236. The second-order valence-corrected chi connectivity index (χ2v) is 18.7. The van der Waals surface area contributed by atoms with E-state index in [4.69, 9.17) is 23.7 Å². The molecular weight excluding hydrogens is 851 g/mol. The van der Waals surface area contributed by atoms with Crippen LogP contribution in [0.15, 0.2) is 102 Å². The molecule has 2 bridgehead atoms. The standard InChI is InChI=1S/C51H59NO14/c1-7-8-12-25-37(55)64-41-38-29(2)34(63-47(60)40(56)39(31-19-13-9-14-20-31)52-45(58)32-21-15-10-16-22-32)27-51(61,48(38,4)5)44(65-46(59)33-23-17-11-18-24-33)42-49(6,43(41)57)35(54)26-36-50(42,28-62-36)66-30(3)53/h9-11,13-24,34-36,39-42,44,54,56,61H,7-8,12,25-28H2,1-6H3,(H,52,58)/t34-,35-,36+,39-,40+,41+,42?,44?,49+,50-,51+/m0/s1. The summed E-state index contributed by atoms with van der Waals surface area (Å²) in [4.78, 5) is 85.1. The third-order valence-corrected chi connectivity index (χ3v) is 14.4. The molecule has 2 saturated carbocycles. The van der Waals surface area contributed by atoms with E-state index in [1.54, 1.807) is 99.6 Å². The van der Waals surface area contributed by atoms with Crippen LogP contribution in [0.3, 0.4) is 0 Å². The van der Waals surface area contributed by atoms with Gasteiger partial charge in [-0.3, -0.25) is 19.2 Å². The summed E-state index contributed by atoms with van der Waals surface area (Å²) in [6.45, 7) is 8.98. The molecule has 0 radical (unpaired) electrons. The van der Waals surface area contributed by atoms with E-state index in [2.05, 4.69) is 5.32 Å². The van der Waals surface area contributed by atoms with Gasteiger partial charge in [0.15, 0.2) is 23.6 Å².